The normalized spacial score (nSPS) is 11.3. The van der Waals surface area contributed by atoms with Gasteiger partial charge in [0.15, 0.2) is 0 Å². The van der Waals surface area contributed by atoms with Gasteiger partial charge in [0.05, 0.1) is 11.5 Å². The monoisotopic (exact) mass is 293 g/mol. The van der Waals surface area contributed by atoms with Crippen LogP contribution in [0.4, 0.5) is 0 Å². The van der Waals surface area contributed by atoms with Crippen LogP contribution in [0.25, 0.3) is 0 Å². The standard InChI is InChI=1S/C14H22O3S.Na/c1-13(2)9-5-4-8-12-17-18(15,16)14-10-6-3-7-11-14;/h3,6-7,10-11,13H,4-5,8-9,12H2,1-2H3;. The first kappa shape index (κ1) is 19.1. The predicted molar refractivity (Wildman–Crippen MR) is 78.6 cm³/mol. The van der Waals surface area contributed by atoms with Crippen molar-refractivity contribution in [2.45, 2.75) is 44.4 Å². The molecule has 0 aliphatic carbocycles. The maximum absolute atomic E-state index is 11.8. The van der Waals surface area contributed by atoms with Gasteiger partial charge in [-0.1, -0.05) is 51.3 Å². The molecule has 1 rings (SSSR count). The van der Waals surface area contributed by atoms with Gasteiger partial charge in [-0.2, -0.15) is 8.42 Å². The summed E-state index contributed by atoms with van der Waals surface area (Å²) in [4.78, 5) is 0.229. The van der Waals surface area contributed by atoms with E-state index in [1.54, 1.807) is 30.3 Å². The van der Waals surface area contributed by atoms with Gasteiger partial charge in [0.25, 0.3) is 10.1 Å². The van der Waals surface area contributed by atoms with Crippen LogP contribution in [0.2, 0.25) is 0 Å². The third-order valence-corrected chi connectivity index (χ3v) is 4.02. The van der Waals surface area contributed by atoms with Crippen LogP contribution in [0.15, 0.2) is 35.2 Å². The summed E-state index contributed by atoms with van der Waals surface area (Å²) in [6.07, 6.45) is 4.12. The Kier molecular flexibility index (Phi) is 10.0. The van der Waals surface area contributed by atoms with E-state index in [0.717, 1.165) is 19.3 Å². The fourth-order valence-electron chi connectivity index (χ4n) is 1.66. The van der Waals surface area contributed by atoms with Gasteiger partial charge in [-0.15, -0.1) is 0 Å². The van der Waals surface area contributed by atoms with Crippen LogP contribution in [-0.2, 0) is 14.3 Å². The third-order valence-electron chi connectivity index (χ3n) is 2.70. The van der Waals surface area contributed by atoms with Crippen molar-refractivity contribution in [3.05, 3.63) is 30.3 Å². The Balaban J connectivity index is 0.00000324. The Hall–Kier alpha value is 0.130. The summed E-state index contributed by atoms with van der Waals surface area (Å²) in [5, 5.41) is 0. The van der Waals surface area contributed by atoms with E-state index in [1.165, 1.54) is 6.42 Å². The average molecular weight is 293 g/mol. The van der Waals surface area contributed by atoms with E-state index in [4.69, 9.17) is 4.18 Å². The second-order valence-electron chi connectivity index (χ2n) is 4.83. The van der Waals surface area contributed by atoms with Crippen LogP contribution in [-0.4, -0.2) is 44.6 Å². The number of rotatable bonds is 8. The summed E-state index contributed by atoms with van der Waals surface area (Å²) in [6.45, 7) is 4.65. The molecule has 0 saturated heterocycles. The van der Waals surface area contributed by atoms with E-state index >= 15 is 0 Å². The van der Waals surface area contributed by atoms with Crippen molar-refractivity contribution in [2.75, 3.05) is 6.61 Å². The first-order chi connectivity index (χ1) is 8.52. The molecule has 0 saturated carbocycles. The molecule has 0 unspecified atom stereocenters. The van der Waals surface area contributed by atoms with E-state index in [9.17, 15) is 8.42 Å². The van der Waals surface area contributed by atoms with Crippen molar-refractivity contribution in [3.63, 3.8) is 0 Å². The van der Waals surface area contributed by atoms with Gasteiger partial charge >= 0.3 is 0 Å². The topological polar surface area (TPSA) is 43.4 Å². The Morgan fingerprint density at radius 2 is 1.68 bits per heavy atom. The molecule has 0 fully saturated rings. The smallest absolute Gasteiger partial charge is 0.266 e. The van der Waals surface area contributed by atoms with Gasteiger partial charge in [0.2, 0.25) is 0 Å². The van der Waals surface area contributed by atoms with Gasteiger partial charge in [0, 0.05) is 29.6 Å². The molecule has 3 nitrogen and oxygen atoms in total. The zero-order valence-corrected chi connectivity index (χ0v) is 14.9. The van der Waals surface area contributed by atoms with Crippen LogP contribution < -0.4 is 0 Å². The van der Waals surface area contributed by atoms with Crippen molar-refractivity contribution in [2.24, 2.45) is 5.92 Å². The number of hydrogen-bond donors (Lipinski definition) is 0. The second-order valence-corrected chi connectivity index (χ2v) is 6.45. The molecule has 1 aromatic carbocycles. The second kappa shape index (κ2) is 9.94. The van der Waals surface area contributed by atoms with Crippen LogP contribution in [0.1, 0.15) is 39.5 Å². The van der Waals surface area contributed by atoms with E-state index < -0.39 is 10.1 Å². The minimum absolute atomic E-state index is 0. The summed E-state index contributed by atoms with van der Waals surface area (Å²) < 4.78 is 28.5. The summed E-state index contributed by atoms with van der Waals surface area (Å²) in [7, 11) is -3.56. The predicted octanol–water partition coefficient (Wildman–Crippen LogP) is 3.23. The summed E-state index contributed by atoms with van der Waals surface area (Å²) in [5.74, 6) is 0.707. The van der Waals surface area contributed by atoms with Gasteiger partial charge in [-0.3, -0.25) is 4.18 Å². The van der Waals surface area contributed by atoms with Crippen LogP contribution in [0.3, 0.4) is 0 Å². The molecule has 0 amide bonds. The molecule has 1 aromatic rings. The molecule has 0 aliphatic heterocycles. The Labute approximate surface area is 139 Å². The fourth-order valence-corrected chi connectivity index (χ4v) is 2.62. The van der Waals surface area contributed by atoms with Gasteiger partial charge < -0.3 is 0 Å². The van der Waals surface area contributed by atoms with Crippen LogP contribution in [0, 0.1) is 5.92 Å². The van der Waals surface area contributed by atoms with E-state index in [-0.39, 0.29) is 41.1 Å². The van der Waals surface area contributed by atoms with Gasteiger partial charge in [0.1, 0.15) is 0 Å². The zero-order valence-electron chi connectivity index (χ0n) is 12.1. The van der Waals surface area contributed by atoms with E-state index in [2.05, 4.69) is 13.8 Å². The van der Waals surface area contributed by atoms with E-state index in [0.29, 0.717) is 5.92 Å². The van der Waals surface area contributed by atoms with Crippen molar-refractivity contribution < 1.29 is 12.6 Å². The SMILES string of the molecule is CC(C)CCCCCOS(=O)(=O)c1ccccc1.[Na]. The molecule has 103 valence electrons. The minimum atomic E-state index is -3.56. The zero-order chi connectivity index (χ0) is 13.4. The maximum Gasteiger partial charge on any atom is 0.296 e. The van der Waals surface area contributed by atoms with Gasteiger partial charge in [-0.25, -0.2) is 0 Å². The Morgan fingerprint density at radius 1 is 1.05 bits per heavy atom. The number of benzene rings is 1. The summed E-state index contributed by atoms with van der Waals surface area (Å²) >= 11 is 0. The molecular formula is C14H22NaO3S. The minimum Gasteiger partial charge on any atom is -0.266 e. The molecule has 0 heterocycles. The molecule has 0 aliphatic rings. The van der Waals surface area contributed by atoms with Crippen molar-refractivity contribution in [1.82, 2.24) is 0 Å². The van der Waals surface area contributed by atoms with Crippen LogP contribution >= 0.6 is 0 Å². The molecule has 0 spiro atoms. The number of unbranched alkanes of at least 4 members (excludes halogenated alkanes) is 2. The van der Waals surface area contributed by atoms with Crippen molar-refractivity contribution >= 4 is 39.7 Å². The summed E-state index contributed by atoms with van der Waals surface area (Å²) in [6, 6.07) is 8.27. The molecular weight excluding hydrogens is 271 g/mol. The van der Waals surface area contributed by atoms with Crippen LogP contribution in [0.5, 0.6) is 0 Å². The quantitative estimate of drug-likeness (QED) is 0.420. The summed E-state index contributed by atoms with van der Waals surface area (Å²) in [5.41, 5.74) is 0. The first-order valence-electron chi connectivity index (χ1n) is 6.47. The first-order valence-corrected chi connectivity index (χ1v) is 7.87. The molecule has 0 N–H and O–H groups in total. The average Bonchev–Trinajstić information content (AvgIpc) is 2.34. The molecule has 19 heavy (non-hydrogen) atoms. The number of hydrogen-bond acceptors (Lipinski definition) is 3. The largest absolute Gasteiger partial charge is 0.296 e. The van der Waals surface area contributed by atoms with Crippen molar-refractivity contribution in [3.8, 4) is 0 Å². The molecule has 0 aromatic heterocycles. The molecule has 0 bridgehead atoms. The maximum atomic E-state index is 11.8. The molecule has 5 heteroatoms. The Morgan fingerprint density at radius 3 is 2.26 bits per heavy atom. The van der Waals surface area contributed by atoms with E-state index in [1.807, 2.05) is 0 Å². The van der Waals surface area contributed by atoms with Gasteiger partial charge in [-0.05, 0) is 24.5 Å². The fraction of sp³-hybridized carbons (Fsp3) is 0.571. The molecule has 1 radical (unpaired) electrons. The molecule has 0 atom stereocenters. The van der Waals surface area contributed by atoms with Crippen molar-refractivity contribution in [1.29, 1.82) is 0 Å². The third kappa shape index (κ3) is 8.10. The Bertz CT molecular complexity index is 429.